The van der Waals surface area contributed by atoms with Gasteiger partial charge in [-0.3, -0.25) is 13.8 Å². The number of aliphatic hydroxyl groups is 5. The van der Waals surface area contributed by atoms with Gasteiger partial charge in [-0.1, -0.05) is 156 Å². The Morgan fingerprint density at radius 3 is 1.33 bits per heavy atom. The Hall–Kier alpha value is -2.74. The number of esters is 1. The molecular weight excluding hydrogens is 836 g/mol. The lowest BCUT2D eigenvalue weighted by molar-refractivity contribution is -0.220. The summed E-state index contributed by atoms with van der Waals surface area (Å²) < 4.78 is 34.2. The molecule has 0 bridgehead atoms. The summed E-state index contributed by atoms with van der Waals surface area (Å²) in [7, 11) is -5.04. The maximum Gasteiger partial charge on any atom is 0.472 e. The van der Waals surface area contributed by atoms with Crippen molar-refractivity contribution in [2.45, 2.75) is 198 Å². The van der Waals surface area contributed by atoms with Crippen molar-refractivity contribution in [1.82, 2.24) is 0 Å². The Kier molecular flexibility index (Phi) is 37.5. The maximum atomic E-state index is 12.8. The summed E-state index contributed by atoms with van der Waals surface area (Å²) in [6.07, 6.45) is 43.2. The number of ether oxygens (including phenoxy) is 2. The van der Waals surface area contributed by atoms with Gasteiger partial charge in [-0.25, -0.2) is 4.57 Å². The van der Waals surface area contributed by atoms with Gasteiger partial charge < -0.3 is 39.9 Å². The van der Waals surface area contributed by atoms with Crippen molar-refractivity contribution in [3.8, 4) is 0 Å². The second-order valence-corrected chi connectivity index (χ2v) is 17.6. The van der Waals surface area contributed by atoms with Crippen LogP contribution in [0.1, 0.15) is 155 Å². The maximum absolute atomic E-state index is 12.8. The van der Waals surface area contributed by atoms with Crippen LogP contribution in [-0.4, -0.2) is 98.9 Å². The molecule has 0 aromatic heterocycles. The van der Waals surface area contributed by atoms with Crippen molar-refractivity contribution in [2.24, 2.45) is 0 Å². The summed E-state index contributed by atoms with van der Waals surface area (Å²) in [5, 5.41) is 50.3. The smallest absolute Gasteiger partial charge is 0.457 e. The first-order valence-electron chi connectivity index (χ1n) is 24.1. The zero-order valence-corrected chi connectivity index (χ0v) is 39.9. The summed E-state index contributed by atoms with van der Waals surface area (Å²) in [6, 6.07) is 0. The Morgan fingerprint density at radius 1 is 0.500 bits per heavy atom. The molecule has 6 atom stereocenters. The van der Waals surface area contributed by atoms with Gasteiger partial charge in [-0.2, -0.15) is 0 Å². The van der Waals surface area contributed by atoms with Crippen molar-refractivity contribution in [2.75, 3.05) is 19.8 Å². The van der Waals surface area contributed by atoms with Crippen LogP contribution in [0.5, 0.6) is 0 Å². The molecular formula is C51H85O12P. The molecule has 0 saturated heterocycles. The quantitative estimate of drug-likeness (QED) is 0.0148. The Balaban J connectivity index is 2.41. The number of aliphatic hydroxyl groups excluding tert-OH is 5. The molecule has 6 unspecified atom stereocenters. The molecule has 0 aliphatic heterocycles. The average Bonchev–Trinajstić information content (AvgIpc) is 3.28. The zero-order chi connectivity index (χ0) is 46.9. The number of rotatable bonds is 39. The van der Waals surface area contributed by atoms with Crippen LogP contribution in [0.2, 0.25) is 0 Å². The lowest BCUT2D eigenvalue weighted by Gasteiger charge is -2.41. The third kappa shape index (κ3) is 32.0. The summed E-state index contributed by atoms with van der Waals surface area (Å²) in [4.78, 5) is 23.2. The molecule has 6 N–H and O–H groups in total. The van der Waals surface area contributed by atoms with E-state index in [9.17, 15) is 39.8 Å². The normalized spacial score (nSPS) is 22.6. The predicted molar refractivity (Wildman–Crippen MR) is 257 cm³/mol. The standard InChI is InChI=1S/C51H85O12P/c1-3-5-7-9-11-13-15-17-19-21-23-24-26-28-30-32-34-36-38-40-45(52)62-44(43-61-64(58,59)63-51-49(56)47(54)46(53)48(55)50(51)57)42-60-41-39-37-35-33-31-29-27-25-22-20-18-16-14-12-10-8-6-4-2/h5-8,11-14,17-20,23-25,27,44,46-51,53-57H,3-4,9-10,15-16,21-22,26,28-43H2,1-2H3,(H,58,59)/b7-5-,8-6-,13-11-,14-12-,19-17-,20-18-,24-23-,27-25-. The highest BCUT2D eigenvalue weighted by Gasteiger charge is 2.51. The molecule has 64 heavy (non-hydrogen) atoms. The summed E-state index contributed by atoms with van der Waals surface area (Å²) in [5.41, 5.74) is 0. The van der Waals surface area contributed by atoms with Gasteiger partial charge in [0.1, 0.15) is 42.7 Å². The van der Waals surface area contributed by atoms with E-state index in [2.05, 4.69) is 111 Å². The van der Waals surface area contributed by atoms with Crippen LogP contribution in [0.3, 0.4) is 0 Å². The SMILES string of the molecule is CC/C=C\C/C=C\C/C=C\C/C=C\CCCCCCCCC(=O)OC(COCCCCCCC/C=C\C/C=C\C/C=C\C/C=C\CC)COP(=O)(O)OC1C(O)C(O)C(O)C(O)C1O. The van der Waals surface area contributed by atoms with Gasteiger partial charge in [0, 0.05) is 13.0 Å². The molecule has 1 aliphatic carbocycles. The highest BCUT2D eigenvalue weighted by atomic mass is 31.2. The number of carbonyl (C=O) groups is 1. The molecule has 0 heterocycles. The second-order valence-electron chi connectivity index (χ2n) is 16.2. The molecule has 366 valence electrons. The van der Waals surface area contributed by atoms with E-state index in [1.165, 1.54) is 0 Å². The zero-order valence-electron chi connectivity index (χ0n) is 39.0. The van der Waals surface area contributed by atoms with Crippen LogP contribution in [0.4, 0.5) is 0 Å². The van der Waals surface area contributed by atoms with Gasteiger partial charge in [-0.15, -0.1) is 0 Å². The fraction of sp³-hybridized carbons (Fsp3) is 0.667. The third-order valence-electron chi connectivity index (χ3n) is 10.5. The van der Waals surface area contributed by atoms with Crippen LogP contribution < -0.4 is 0 Å². The van der Waals surface area contributed by atoms with E-state index in [1.54, 1.807) is 0 Å². The Labute approximate surface area is 385 Å². The number of phosphoric ester groups is 1. The van der Waals surface area contributed by atoms with E-state index < -0.39 is 63.1 Å². The lowest BCUT2D eigenvalue weighted by Crippen LogP contribution is -2.64. The van der Waals surface area contributed by atoms with Gasteiger partial charge in [0.15, 0.2) is 0 Å². The summed E-state index contributed by atoms with van der Waals surface area (Å²) in [6.45, 7) is 3.96. The molecule has 0 amide bonds. The summed E-state index contributed by atoms with van der Waals surface area (Å²) in [5.74, 6) is -0.503. The van der Waals surface area contributed by atoms with Crippen LogP contribution >= 0.6 is 7.82 Å². The van der Waals surface area contributed by atoms with E-state index >= 15 is 0 Å². The number of phosphoric acid groups is 1. The first-order chi connectivity index (χ1) is 31.0. The van der Waals surface area contributed by atoms with E-state index in [4.69, 9.17) is 18.5 Å². The third-order valence-corrected chi connectivity index (χ3v) is 11.4. The largest absolute Gasteiger partial charge is 0.472 e. The van der Waals surface area contributed by atoms with Gasteiger partial charge in [0.25, 0.3) is 0 Å². The minimum Gasteiger partial charge on any atom is -0.457 e. The second kappa shape index (κ2) is 40.5. The minimum absolute atomic E-state index is 0.102. The first-order valence-corrected chi connectivity index (χ1v) is 25.6. The highest BCUT2D eigenvalue weighted by Crippen LogP contribution is 2.47. The monoisotopic (exact) mass is 921 g/mol. The molecule has 0 aromatic carbocycles. The van der Waals surface area contributed by atoms with Gasteiger partial charge in [0.2, 0.25) is 0 Å². The molecule has 13 heteroatoms. The predicted octanol–water partition coefficient (Wildman–Crippen LogP) is 10.3. The highest BCUT2D eigenvalue weighted by molar-refractivity contribution is 7.47. The Bertz CT molecular complexity index is 1420. The molecule has 1 aliphatic rings. The van der Waals surface area contributed by atoms with Crippen molar-refractivity contribution in [1.29, 1.82) is 0 Å². The molecule has 1 fully saturated rings. The average molecular weight is 921 g/mol. The number of hydrogen-bond acceptors (Lipinski definition) is 11. The molecule has 0 aromatic rings. The van der Waals surface area contributed by atoms with Crippen LogP contribution in [0.15, 0.2) is 97.2 Å². The van der Waals surface area contributed by atoms with E-state index in [1.807, 2.05) is 0 Å². The number of unbranched alkanes of at least 4 members (excludes halogenated alkanes) is 11. The number of allylic oxidation sites excluding steroid dienone is 16. The molecule has 0 radical (unpaired) electrons. The molecule has 0 spiro atoms. The van der Waals surface area contributed by atoms with Gasteiger partial charge >= 0.3 is 13.8 Å². The van der Waals surface area contributed by atoms with Crippen molar-refractivity contribution in [3.63, 3.8) is 0 Å². The van der Waals surface area contributed by atoms with Crippen molar-refractivity contribution in [3.05, 3.63) is 97.2 Å². The lowest BCUT2D eigenvalue weighted by atomic mass is 9.85. The van der Waals surface area contributed by atoms with Gasteiger partial charge in [-0.05, 0) is 89.9 Å². The number of hydrogen-bond donors (Lipinski definition) is 6. The molecule has 1 rings (SSSR count). The molecule has 1 saturated carbocycles. The van der Waals surface area contributed by atoms with Crippen molar-refractivity contribution >= 4 is 13.8 Å². The minimum atomic E-state index is -5.04. The van der Waals surface area contributed by atoms with Crippen LogP contribution in [0, 0.1) is 0 Å². The van der Waals surface area contributed by atoms with Crippen molar-refractivity contribution < 1.29 is 58.3 Å². The first kappa shape index (κ1) is 59.3. The van der Waals surface area contributed by atoms with E-state index in [0.29, 0.717) is 13.0 Å². The molecule has 12 nitrogen and oxygen atoms in total. The topological polar surface area (TPSA) is 192 Å². The Morgan fingerprint density at radius 2 is 0.875 bits per heavy atom. The fourth-order valence-electron chi connectivity index (χ4n) is 6.69. The number of carbonyl (C=O) groups excluding carboxylic acids is 1. The van der Waals surface area contributed by atoms with E-state index in [0.717, 1.165) is 128 Å². The fourth-order valence-corrected chi connectivity index (χ4v) is 7.66. The van der Waals surface area contributed by atoms with Gasteiger partial charge in [0.05, 0.1) is 13.2 Å². The van der Waals surface area contributed by atoms with Crippen LogP contribution in [0.25, 0.3) is 0 Å². The van der Waals surface area contributed by atoms with E-state index in [-0.39, 0.29) is 13.0 Å². The van der Waals surface area contributed by atoms with Crippen LogP contribution in [-0.2, 0) is 27.9 Å². The summed E-state index contributed by atoms with van der Waals surface area (Å²) >= 11 is 0.